The first-order chi connectivity index (χ1) is 17.0. The van der Waals surface area contributed by atoms with Crippen LogP contribution in [-0.2, 0) is 6.54 Å². The Labute approximate surface area is 201 Å². The summed E-state index contributed by atoms with van der Waals surface area (Å²) in [5.41, 5.74) is 4.38. The van der Waals surface area contributed by atoms with Crippen LogP contribution in [-0.4, -0.2) is 66.5 Å². The zero-order valence-electron chi connectivity index (χ0n) is 19.6. The molecular weight excluding hydrogens is 450 g/mol. The Hall–Kier alpha value is -3.56. The fraction of sp³-hybridized carbons (Fsp3) is 0.308. The fourth-order valence-corrected chi connectivity index (χ4v) is 5.09. The molecule has 9 heteroatoms. The summed E-state index contributed by atoms with van der Waals surface area (Å²) in [6, 6.07) is 12.4. The third-order valence-electron chi connectivity index (χ3n) is 6.81. The Morgan fingerprint density at radius 1 is 1.11 bits per heavy atom. The van der Waals surface area contributed by atoms with E-state index >= 15 is 0 Å². The molecule has 2 N–H and O–H groups in total. The average Bonchev–Trinajstić information content (AvgIpc) is 3.26. The van der Waals surface area contributed by atoms with Crippen molar-refractivity contribution in [2.75, 3.05) is 45.2 Å². The molecule has 2 aromatic heterocycles. The third-order valence-corrected chi connectivity index (χ3v) is 6.81. The Bertz CT molecular complexity index is 1400. The zero-order chi connectivity index (χ0) is 24.1. The lowest BCUT2D eigenvalue weighted by Crippen LogP contribution is -2.56. The van der Waals surface area contributed by atoms with Gasteiger partial charge >= 0.3 is 0 Å². The Balaban J connectivity index is 1.38. The number of nitrogens with one attached hydrogen (secondary N) is 2. The molecule has 4 heterocycles. The van der Waals surface area contributed by atoms with Crippen molar-refractivity contribution in [3.63, 3.8) is 0 Å². The minimum Gasteiger partial charge on any atom is -0.489 e. The zero-order valence-corrected chi connectivity index (χ0v) is 19.6. The van der Waals surface area contributed by atoms with Crippen molar-refractivity contribution in [1.82, 2.24) is 25.4 Å². The van der Waals surface area contributed by atoms with Crippen molar-refractivity contribution in [1.29, 1.82) is 0 Å². The predicted octanol–water partition coefficient (Wildman–Crippen LogP) is 3.80. The molecule has 1 saturated heterocycles. The molecule has 2 aliphatic heterocycles. The molecule has 0 amide bonds. The van der Waals surface area contributed by atoms with Crippen molar-refractivity contribution < 1.29 is 13.5 Å². The number of hydrogen-bond acceptors (Lipinski definition) is 6. The Morgan fingerprint density at radius 2 is 1.94 bits per heavy atom. The number of piperazine rings is 1. The highest BCUT2D eigenvalue weighted by Crippen LogP contribution is 2.39. The van der Waals surface area contributed by atoms with Gasteiger partial charge in [0.2, 0.25) is 0 Å². The van der Waals surface area contributed by atoms with Crippen molar-refractivity contribution >= 4 is 16.7 Å². The monoisotopic (exact) mass is 476 g/mol. The maximum atomic E-state index is 14.9. The number of rotatable bonds is 4. The summed E-state index contributed by atoms with van der Waals surface area (Å²) in [5.74, 6) is -0.472. The van der Waals surface area contributed by atoms with E-state index in [9.17, 15) is 8.78 Å². The fourth-order valence-electron chi connectivity index (χ4n) is 5.09. The number of ether oxygens (including phenoxy) is 1. The van der Waals surface area contributed by atoms with Gasteiger partial charge in [0.25, 0.3) is 0 Å². The SMILES string of the molecule is CNCc1cc(F)c(-c2ccc3[nH]nc(-c4ccc5c(c4)OCC4CN(C)CCN54)c3n2)c(F)c1. The van der Waals surface area contributed by atoms with Gasteiger partial charge in [0.15, 0.2) is 0 Å². The molecule has 0 saturated carbocycles. The van der Waals surface area contributed by atoms with Gasteiger partial charge < -0.3 is 19.9 Å². The van der Waals surface area contributed by atoms with Crippen LogP contribution in [0.2, 0.25) is 0 Å². The van der Waals surface area contributed by atoms with Gasteiger partial charge in [-0.15, -0.1) is 0 Å². The first-order valence-corrected chi connectivity index (χ1v) is 11.7. The van der Waals surface area contributed by atoms with Crippen LogP contribution < -0.4 is 15.0 Å². The van der Waals surface area contributed by atoms with Gasteiger partial charge in [-0.3, -0.25) is 5.10 Å². The number of fused-ring (bicyclic) bond motifs is 4. The van der Waals surface area contributed by atoms with Crippen molar-refractivity contribution in [2.24, 2.45) is 0 Å². The number of pyridine rings is 1. The molecule has 1 atom stereocenters. The van der Waals surface area contributed by atoms with Crippen LogP contribution in [0.15, 0.2) is 42.5 Å². The molecule has 6 rings (SSSR count). The lowest BCUT2D eigenvalue weighted by molar-refractivity contribution is 0.188. The van der Waals surface area contributed by atoms with Crippen LogP contribution in [0.1, 0.15) is 5.56 Å². The van der Waals surface area contributed by atoms with E-state index in [4.69, 9.17) is 4.74 Å². The van der Waals surface area contributed by atoms with Crippen LogP contribution in [0.5, 0.6) is 5.75 Å². The number of halogens is 2. The van der Waals surface area contributed by atoms with E-state index in [1.165, 1.54) is 12.1 Å². The van der Waals surface area contributed by atoms with E-state index in [0.717, 1.165) is 36.6 Å². The Morgan fingerprint density at radius 3 is 2.74 bits per heavy atom. The van der Waals surface area contributed by atoms with Gasteiger partial charge in [-0.1, -0.05) is 6.07 Å². The summed E-state index contributed by atoms with van der Waals surface area (Å²) >= 11 is 0. The summed E-state index contributed by atoms with van der Waals surface area (Å²) in [4.78, 5) is 9.35. The molecule has 0 radical (unpaired) electrons. The third kappa shape index (κ3) is 3.81. The van der Waals surface area contributed by atoms with Crippen molar-refractivity contribution in [2.45, 2.75) is 12.6 Å². The van der Waals surface area contributed by atoms with Crippen molar-refractivity contribution in [3.05, 3.63) is 59.7 Å². The lowest BCUT2D eigenvalue weighted by Gasteiger charge is -2.44. The molecular formula is C26H26F2N6O. The molecule has 0 spiro atoms. The average molecular weight is 477 g/mol. The quantitative estimate of drug-likeness (QED) is 0.467. The van der Waals surface area contributed by atoms with E-state index in [1.54, 1.807) is 19.2 Å². The smallest absolute Gasteiger partial charge is 0.143 e. The molecule has 1 fully saturated rings. The predicted molar refractivity (Wildman–Crippen MR) is 132 cm³/mol. The van der Waals surface area contributed by atoms with Crippen LogP contribution in [0.25, 0.3) is 33.5 Å². The molecule has 1 unspecified atom stereocenters. The van der Waals surface area contributed by atoms with Gasteiger partial charge in [-0.2, -0.15) is 5.10 Å². The summed E-state index contributed by atoms with van der Waals surface area (Å²) in [5, 5.41) is 10.4. The van der Waals surface area contributed by atoms with Crippen LogP contribution >= 0.6 is 0 Å². The van der Waals surface area contributed by atoms with Gasteiger partial charge in [0, 0.05) is 31.7 Å². The summed E-state index contributed by atoms with van der Waals surface area (Å²) in [6.07, 6.45) is 0. The first kappa shape index (κ1) is 21.9. The lowest BCUT2D eigenvalue weighted by atomic mass is 10.0. The van der Waals surface area contributed by atoms with E-state index in [-0.39, 0.29) is 11.3 Å². The Kier molecular flexibility index (Phi) is 5.38. The number of nitrogens with zero attached hydrogens (tertiary/aromatic N) is 4. The van der Waals surface area contributed by atoms with Gasteiger partial charge in [0.1, 0.15) is 35.2 Å². The number of hydrogen-bond donors (Lipinski definition) is 2. The standard InChI is InChI=1S/C26H26F2N6O/c1-29-12-15-9-18(27)24(19(28)10-15)20-4-5-21-26(30-20)25(32-31-21)16-3-6-22-23(11-16)35-14-17-13-33(2)7-8-34(17)22/h3-6,9-11,17,29H,7-8,12-14H2,1-2H3,(H,31,32). The van der Waals surface area contributed by atoms with E-state index < -0.39 is 11.6 Å². The number of aromatic nitrogens is 3. The highest BCUT2D eigenvalue weighted by molar-refractivity contribution is 5.92. The number of anilines is 1. The molecule has 4 aromatic rings. The molecule has 0 bridgehead atoms. The van der Waals surface area contributed by atoms with E-state index in [2.05, 4.69) is 43.4 Å². The summed E-state index contributed by atoms with van der Waals surface area (Å²) in [6.45, 7) is 3.95. The van der Waals surface area contributed by atoms with Crippen LogP contribution in [0.3, 0.4) is 0 Å². The molecule has 35 heavy (non-hydrogen) atoms. The second-order valence-corrected chi connectivity index (χ2v) is 9.23. The maximum Gasteiger partial charge on any atom is 0.143 e. The highest BCUT2D eigenvalue weighted by atomic mass is 19.1. The normalized spacial score (nSPS) is 17.8. The summed E-state index contributed by atoms with van der Waals surface area (Å²) < 4.78 is 35.8. The number of H-pyrrole nitrogens is 1. The topological polar surface area (TPSA) is 69.3 Å². The minimum atomic E-state index is -0.643. The van der Waals surface area contributed by atoms with Gasteiger partial charge in [0.05, 0.1) is 28.5 Å². The molecule has 180 valence electrons. The number of likely N-dealkylation sites (N-methyl/N-ethyl adjacent to an activating group) is 1. The number of benzene rings is 2. The van der Waals surface area contributed by atoms with Crippen LogP contribution in [0.4, 0.5) is 14.5 Å². The van der Waals surface area contributed by atoms with E-state index in [1.807, 2.05) is 12.1 Å². The minimum absolute atomic E-state index is 0.145. The second kappa shape index (κ2) is 8.58. The maximum absolute atomic E-state index is 14.9. The first-order valence-electron chi connectivity index (χ1n) is 11.7. The second-order valence-electron chi connectivity index (χ2n) is 9.23. The number of aromatic amines is 1. The molecule has 2 aromatic carbocycles. The molecule has 2 aliphatic rings. The molecule has 0 aliphatic carbocycles. The van der Waals surface area contributed by atoms with Crippen molar-refractivity contribution in [3.8, 4) is 28.3 Å². The van der Waals surface area contributed by atoms with Gasteiger partial charge in [-0.25, -0.2) is 13.8 Å². The largest absolute Gasteiger partial charge is 0.489 e. The van der Waals surface area contributed by atoms with E-state index in [0.29, 0.717) is 41.5 Å². The van der Waals surface area contributed by atoms with Gasteiger partial charge in [-0.05, 0) is 56.1 Å². The molecule has 7 nitrogen and oxygen atoms in total. The summed E-state index contributed by atoms with van der Waals surface area (Å²) in [7, 11) is 3.86. The highest BCUT2D eigenvalue weighted by Gasteiger charge is 2.32. The van der Waals surface area contributed by atoms with Crippen LogP contribution in [0, 0.1) is 11.6 Å².